The monoisotopic (exact) mass is 598 g/mol. The molecule has 4 aromatic rings. The summed E-state index contributed by atoms with van der Waals surface area (Å²) in [6.07, 6.45) is 2.88. The van der Waals surface area contributed by atoms with E-state index in [0.29, 0.717) is 21.8 Å². The number of nitro groups is 2. The van der Waals surface area contributed by atoms with E-state index >= 15 is 0 Å². The van der Waals surface area contributed by atoms with Gasteiger partial charge in [0.25, 0.3) is 11.4 Å². The van der Waals surface area contributed by atoms with Crippen molar-refractivity contribution < 1.29 is 19.4 Å². The standard InChI is InChI=1S/C30H26N6O6S/c37-26(14-19-3-1-4-24(13-19)35(39)40)16-22-9-11-28(33-31-22)20-7-8-21(15-20)29-12-10-23(32-34-29)17-30(38)43-27-6-2-5-25(18-27)36(41)42/h1-6,9-13,18,20-21H,7-8,14-17H2. The van der Waals surface area contributed by atoms with E-state index in [2.05, 4.69) is 20.4 Å². The third kappa shape index (κ3) is 7.89. The highest BCUT2D eigenvalue weighted by Crippen LogP contribution is 2.42. The normalized spacial score (nSPS) is 16.1. The van der Waals surface area contributed by atoms with Gasteiger partial charge in [-0.3, -0.25) is 29.8 Å². The Morgan fingerprint density at radius 1 is 0.721 bits per heavy atom. The van der Waals surface area contributed by atoms with Crippen molar-refractivity contribution in [2.75, 3.05) is 0 Å². The molecule has 2 heterocycles. The summed E-state index contributed by atoms with van der Waals surface area (Å²) in [6, 6.07) is 19.4. The number of carbonyl (C=O) groups excluding carboxylic acids is 2. The number of rotatable bonds is 11. The van der Waals surface area contributed by atoms with Crippen LogP contribution in [0.25, 0.3) is 0 Å². The molecule has 0 N–H and O–H groups in total. The van der Waals surface area contributed by atoms with Crippen LogP contribution in [0.1, 0.15) is 59.4 Å². The molecule has 0 radical (unpaired) electrons. The predicted molar refractivity (Wildman–Crippen MR) is 157 cm³/mol. The molecule has 43 heavy (non-hydrogen) atoms. The molecule has 2 unspecified atom stereocenters. The van der Waals surface area contributed by atoms with Crippen LogP contribution in [-0.2, 0) is 28.9 Å². The van der Waals surface area contributed by atoms with E-state index in [1.807, 2.05) is 12.1 Å². The molecule has 0 amide bonds. The minimum absolute atomic E-state index is 0.0455. The van der Waals surface area contributed by atoms with Gasteiger partial charge in [0.2, 0.25) is 0 Å². The zero-order valence-corrected chi connectivity index (χ0v) is 23.7. The molecule has 0 saturated heterocycles. The Labute approximate surface area is 250 Å². The van der Waals surface area contributed by atoms with Crippen LogP contribution >= 0.6 is 11.8 Å². The van der Waals surface area contributed by atoms with Crippen LogP contribution in [0, 0.1) is 20.2 Å². The Morgan fingerprint density at radius 2 is 1.30 bits per heavy atom. The second-order valence-corrected chi connectivity index (χ2v) is 11.5. The summed E-state index contributed by atoms with van der Waals surface area (Å²) >= 11 is 0.938. The molecule has 0 aliphatic heterocycles. The molecule has 218 valence electrons. The van der Waals surface area contributed by atoms with E-state index in [1.54, 1.807) is 36.4 Å². The maximum absolute atomic E-state index is 12.5. The van der Waals surface area contributed by atoms with E-state index in [1.165, 1.54) is 24.3 Å². The molecule has 2 atom stereocenters. The average molecular weight is 599 g/mol. The van der Waals surface area contributed by atoms with Crippen LogP contribution in [0.3, 0.4) is 0 Å². The summed E-state index contributed by atoms with van der Waals surface area (Å²) in [7, 11) is 0. The highest BCUT2D eigenvalue weighted by molar-refractivity contribution is 8.13. The van der Waals surface area contributed by atoms with Gasteiger partial charge in [0.1, 0.15) is 5.78 Å². The summed E-state index contributed by atoms with van der Waals surface area (Å²) in [5, 5.41) is 39.0. The van der Waals surface area contributed by atoms with Gasteiger partial charge >= 0.3 is 0 Å². The molecule has 1 fully saturated rings. The SMILES string of the molecule is O=C(Cc1cccc([N+](=O)[O-])c1)Cc1ccc(C2CCC(c3ccc(CC(=O)Sc4cccc([N+](=O)[O-])c4)nn3)C2)nn1. The number of benzene rings is 2. The van der Waals surface area contributed by atoms with Gasteiger partial charge in [-0.1, -0.05) is 30.0 Å². The minimum Gasteiger partial charge on any atom is -0.299 e. The van der Waals surface area contributed by atoms with Crippen molar-refractivity contribution in [1.82, 2.24) is 20.4 Å². The zero-order valence-electron chi connectivity index (χ0n) is 22.9. The third-order valence-corrected chi connectivity index (χ3v) is 8.10. The Kier molecular flexibility index (Phi) is 9.20. The van der Waals surface area contributed by atoms with Crippen molar-refractivity contribution >= 4 is 34.0 Å². The quantitative estimate of drug-likeness (QED) is 0.124. The molecule has 0 bridgehead atoms. The van der Waals surface area contributed by atoms with Gasteiger partial charge in [-0.05, 0) is 55.2 Å². The molecule has 5 rings (SSSR count). The lowest BCUT2D eigenvalue weighted by Gasteiger charge is -2.11. The topological polar surface area (TPSA) is 172 Å². The molecule has 13 heteroatoms. The number of ketones is 1. The van der Waals surface area contributed by atoms with Crippen LogP contribution in [0.2, 0.25) is 0 Å². The fraction of sp³-hybridized carbons (Fsp3) is 0.267. The first-order valence-corrected chi connectivity index (χ1v) is 14.4. The lowest BCUT2D eigenvalue weighted by Crippen LogP contribution is -2.10. The molecule has 0 spiro atoms. The summed E-state index contributed by atoms with van der Waals surface area (Å²) < 4.78 is 0. The maximum Gasteiger partial charge on any atom is 0.270 e. The molecule has 2 aromatic heterocycles. The number of thioether (sulfide) groups is 1. The van der Waals surface area contributed by atoms with E-state index in [0.717, 1.165) is 42.4 Å². The van der Waals surface area contributed by atoms with Crippen LogP contribution in [-0.4, -0.2) is 41.1 Å². The fourth-order valence-corrected chi connectivity index (χ4v) is 5.94. The van der Waals surface area contributed by atoms with E-state index < -0.39 is 9.85 Å². The second-order valence-electron chi connectivity index (χ2n) is 10.3. The largest absolute Gasteiger partial charge is 0.299 e. The summed E-state index contributed by atoms with van der Waals surface area (Å²) in [6.45, 7) is 0. The lowest BCUT2D eigenvalue weighted by atomic mass is 9.98. The van der Waals surface area contributed by atoms with Gasteiger partial charge in [-0.15, -0.1) is 0 Å². The number of Topliss-reactive ketones (excluding diaryl/α,β-unsaturated/α-hetero) is 1. The minimum atomic E-state index is -0.496. The Morgan fingerprint density at radius 3 is 1.88 bits per heavy atom. The van der Waals surface area contributed by atoms with E-state index in [-0.39, 0.29) is 53.4 Å². The van der Waals surface area contributed by atoms with E-state index in [4.69, 9.17) is 0 Å². The maximum atomic E-state index is 12.5. The van der Waals surface area contributed by atoms with E-state index in [9.17, 15) is 29.8 Å². The molecular formula is C30H26N6O6S. The van der Waals surface area contributed by atoms with Gasteiger partial charge in [0.05, 0.1) is 45.5 Å². The molecule has 1 aliphatic rings. The van der Waals surface area contributed by atoms with Crippen molar-refractivity contribution in [3.05, 3.63) is 121 Å². The second kappa shape index (κ2) is 13.4. The van der Waals surface area contributed by atoms with Gasteiger partial charge in [0.15, 0.2) is 5.12 Å². The van der Waals surface area contributed by atoms with Crippen molar-refractivity contribution in [3.63, 3.8) is 0 Å². The summed E-state index contributed by atoms with van der Waals surface area (Å²) in [5.74, 6) is 0.288. The highest BCUT2D eigenvalue weighted by Gasteiger charge is 2.29. The van der Waals surface area contributed by atoms with Crippen molar-refractivity contribution in [2.24, 2.45) is 0 Å². The number of hydrogen-bond acceptors (Lipinski definition) is 11. The van der Waals surface area contributed by atoms with Gasteiger partial charge in [0, 0.05) is 47.4 Å². The summed E-state index contributed by atoms with van der Waals surface area (Å²) in [4.78, 5) is 46.4. The number of aromatic nitrogens is 4. The number of hydrogen-bond donors (Lipinski definition) is 0. The first-order chi connectivity index (χ1) is 20.7. The predicted octanol–water partition coefficient (Wildman–Crippen LogP) is 5.35. The molecule has 2 aromatic carbocycles. The van der Waals surface area contributed by atoms with Gasteiger partial charge in [-0.25, -0.2) is 0 Å². The molecule has 1 aliphatic carbocycles. The fourth-order valence-electron chi connectivity index (χ4n) is 5.13. The Bertz CT molecular complexity index is 1540. The van der Waals surface area contributed by atoms with Crippen LogP contribution in [0.4, 0.5) is 11.4 Å². The highest BCUT2D eigenvalue weighted by atomic mass is 32.2. The third-order valence-electron chi connectivity index (χ3n) is 7.24. The lowest BCUT2D eigenvalue weighted by molar-refractivity contribution is -0.385. The first kappa shape index (κ1) is 29.6. The van der Waals surface area contributed by atoms with Crippen molar-refractivity contribution in [3.8, 4) is 0 Å². The molecule has 12 nitrogen and oxygen atoms in total. The smallest absolute Gasteiger partial charge is 0.270 e. The zero-order chi connectivity index (χ0) is 30.3. The molecular weight excluding hydrogens is 572 g/mol. The Balaban J connectivity index is 1.11. The number of non-ortho nitro benzene ring substituents is 2. The Hall–Kier alpha value is -4.91. The summed E-state index contributed by atoms with van der Waals surface area (Å²) in [5.41, 5.74) is 3.26. The van der Waals surface area contributed by atoms with Crippen LogP contribution in [0.15, 0.2) is 77.7 Å². The van der Waals surface area contributed by atoms with Gasteiger partial charge in [-0.2, -0.15) is 20.4 Å². The van der Waals surface area contributed by atoms with Crippen LogP contribution in [0.5, 0.6) is 0 Å². The van der Waals surface area contributed by atoms with Crippen LogP contribution < -0.4 is 0 Å². The average Bonchev–Trinajstić information content (AvgIpc) is 3.48. The first-order valence-electron chi connectivity index (χ1n) is 13.6. The van der Waals surface area contributed by atoms with Crippen molar-refractivity contribution in [2.45, 2.75) is 55.3 Å². The van der Waals surface area contributed by atoms with Crippen molar-refractivity contribution in [1.29, 1.82) is 0 Å². The number of carbonyl (C=O) groups is 2. The number of nitrogens with zero attached hydrogens (tertiary/aromatic N) is 6. The molecule has 1 saturated carbocycles. The van der Waals surface area contributed by atoms with Gasteiger partial charge < -0.3 is 0 Å². The number of nitro benzene ring substituents is 2.